The topological polar surface area (TPSA) is 58.8 Å². The first-order valence-corrected chi connectivity index (χ1v) is 9.61. The molecule has 25 heavy (non-hydrogen) atoms. The van der Waals surface area contributed by atoms with Crippen LogP contribution in [0.5, 0.6) is 0 Å². The predicted octanol–water partition coefficient (Wildman–Crippen LogP) is 3.70. The lowest BCUT2D eigenvalue weighted by molar-refractivity contribution is 0.0930. The van der Waals surface area contributed by atoms with Crippen LogP contribution in [0.2, 0.25) is 0 Å². The van der Waals surface area contributed by atoms with E-state index in [1.165, 1.54) is 0 Å². The highest BCUT2D eigenvalue weighted by Gasteiger charge is 2.21. The Labute approximate surface area is 152 Å². The van der Waals surface area contributed by atoms with Gasteiger partial charge in [-0.3, -0.25) is 4.90 Å². The van der Waals surface area contributed by atoms with Crippen LogP contribution in [0.3, 0.4) is 0 Å². The van der Waals surface area contributed by atoms with Crippen LogP contribution in [-0.4, -0.2) is 53.7 Å². The third-order valence-corrected chi connectivity index (χ3v) is 5.03. The quantitative estimate of drug-likeness (QED) is 0.811. The van der Waals surface area contributed by atoms with Crippen molar-refractivity contribution in [1.29, 1.82) is 0 Å². The zero-order chi connectivity index (χ0) is 17.6. The monoisotopic (exact) mass is 363 g/mol. The van der Waals surface area contributed by atoms with Crippen LogP contribution in [0.4, 0.5) is 4.79 Å². The number of amides is 1. The van der Waals surface area contributed by atoms with Gasteiger partial charge in [-0.2, -0.15) is 0 Å². The number of hydrogen-bond donors (Lipinski definition) is 0. The fraction of sp³-hybridized carbons (Fsp3) is 0.556. The molecule has 3 heterocycles. The molecular weight excluding hydrogens is 338 g/mol. The van der Waals surface area contributed by atoms with E-state index in [-0.39, 0.29) is 6.09 Å². The number of thiazole rings is 1. The third-order valence-electron chi connectivity index (χ3n) is 4.09. The Morgan fingerprint density at radius 3 is 3.00 bits per heavy atom. The van der Waals surface area contributed by atoms with Gasteiger partial charge in [0.1, 0.15) is 11.3 Å². The molecule has 0 atom stereocenters. The summed E-state index contributed by atoms with van der Waals surface area (Å²) in [5, 5.41) is 3.08. The van der Waals surface area contributed by atoms with Crippen LogP contribution in [0.1, 0.15) is 26.0 Å². The van der Waals surface area contributed by atoms with Crippen LogP contribution in [0.25, 0.3) is 10.6 Å². The van der Waals surface area contributed by atoms with E-state index in [2.05, 4.69) is 10.3 Å². The van der Waals surface area contributed by atoms with Crippen LogP contribution in [0.15, 0.2) is 28.4 Å². The predicted molar refractivity (Wildman–Crippen MR) is 97.5 cm³/mol. The molecule has 7 heteroatoms. The summed E-state index contributed by atoms with van der Waals surface area (Å²) in [5.74, 6) is 0.363. The molecule has 0 radical (unpaired) electrons. The summed E-state index contributed by atoms with van der Waals surface area (Å²) in [5.41, 5.74) is 2.09. The Hall–Kier alpha value is -1.86. The van der Waals surface area contributed by atoms with Crippen molar-refractivity contribution in [3.63, 3.8) is 0 Å². The van der Waals surface area contributed by atoms with Gasteiger partial charge in [0, 0.05) is 43.7 Å². The van der Waals surface area contributed by atoms with Gasteiger partial charge in [-0.25, -0.2) is 9.78 Å². The molecule has 0 spiro atoms. The van der Waals surface area contributed by atoms with Gasteiger partial charge in [-0.05, 0) is 18.4 Å². The van der Waals surface area contributed by atoms with Crippen molar-refractivity contribution in [2.75, 3.05) is 32.8 Å². The Balaban J connectivity index is 1.51. The maximum absolute atomic E-state index is 12.1. The van der Waals surface area contributed by atoms with Crippen molar-refractivity contribution in [1.82, 2.24) is 14.8 Å². The number of aromatic nitrogens is 1. The van der Waals surface area contributed by atoms with Crippen molar-refractivity contribution >= 4 is 17.4 Å². The second kappa shape index (κ2) is 8.49. The number of hydrogen-bond acceptors (Lipinski definition) is 6. The molecule has 1 aliphatic rings. The van der Waals surface area contributed by atoms with Crippen LogP contribution in [0, 0.1) is 5.92 Å². The lowest BCUT2D eigenvalue weighted by atomic mass is 10.2. The van der Waals surface area contributed by atoms with E-state index in [1.54, 1.807) is 23.9 Å². The summed E-state index contributed by atoms with van der Waals surface area (Å²) < 4.78 is 10.5. The fourth-order valence-corrected chi connectivity index (χ4v) is 3.57. The molecule has 1 saturated heterocycles. The third kappa shape index (κ3) is 5.06. The van der Waals surface area contributed by atoms with Crippen molar-refractivity contribution in [2.24, 2.45) is 5.92 Å². The molecule has 0 unspecified atom stereocenters. The second-order valence-corrected chi connectivity index (χ2v) is 7.60. The van der Waals surface area contributed by atoms with Gasteiger partial charge in [0.2, 0.25) is 0 Å². The first-order valence-electron chi connectivity index (χ1n) is 8.73. The maximum Gasteiger partial charge on any atom is 0.409 e. The summed E-state index contributed by atoms with van der Waals surface area (Å²) in [6.07, 6.45) is 4.15. The van der Waals surface area contributed by atoms with E-state index >= 15 is 0 Å². The van der Waals surface area contributed by atoms with E-state index in [1.807, 2.05) is 24.8 Å². The first kappa shape index (κ1) is 17.9. The average molecular weight is 363 g/mol. The Morgan fingerprint density at radius 1 is 1.36 bits per heavy atom. The summed E-state index contributed by atoms with van der Waals surface area (Å²) in [6, 6.07) is 1.93. The Bertz CT molecular complexity index is 669. The zero-order valence-electron chi connectivity index (χ0n) is 14.8. The van der Waals surface area contributed by atoms with Gasteiger partial charge in [-0.15, -0.1) is 11.3 Å². The second-order valence-electron chi connectivity index (χ2n) is 6.74. The van der Waals surface area contributed by atoms with Crippen molar-refractivity contribution in [3.8, 4) is 10.6 Å². The molecule has 0 bridgehead atoms. The summed E-state index contributed by atoms with van der Waals surface area (Å²) >= 11 is 1.63. The van der Waals surface area contributed by atoms with Crippen LogP contribution >= 0.6 is 11.3 Å². The van der Waals surface area contributed by atoms with Crippen molar-refractivity contribution in [3.05, 3.63) is 29.7 Å². The van der Waals surface area contributed by atoms with Gasteiger partial charge in [0.15, 0.2) is 0 Å². The number of furan rings is 1. The highest BCUT2D eigenvalue weighted by Crippen LogP contribution is 2.24. The van der Waals surface area contributed by atoms with Gasteiger partial charge in [-0.1, -0.05) is 13.8 Å². The van der Waals surface area contributed by atoms with E-state index < -0.39 is 0 Å². The number of rotatable bonds is 5. The normalized spacial score (nSPS) is 16.2. The molecule has 0 saturated carbocycles. The zero-order valence-corrected chi connectivity index (χ0v) is 15.6. The number of ether oxygens (including phenoxy) is 1. The highest BCUT2D eigenvalue weighted by atomic mass is 32.1. The Kier molecular flexibility index (Phi) is 6.09. The van der Waals surface area contributed by atoms with Gasteiger partial charge < -0.3 is 14.1 Å². The highest BCUT2D eigenvalue weighted by molar-refractivity contribution is 7.13. The molecule has 6 nitrogen and oxygen atoms in total. The molecule has 1 amide bonds. The molecule has 0 aromatic carbocycles. The summed E-state index contributed by atoms with van der Waals surface area (Å²) in [7, 11) is 0. The first-order chi connectivity index (χ1) is 12.1. The minimum atomic E-state index is -0.188. The smallest absolute Gasteiger partial charge is 0.409 e. The molecule has 1 aliphatic heterocycles. The molecule has 2 aromatic rings. The van der Waals surface area contributed by atoms with Gasteiger partial charge >= 0.3 is 6.09 Å². The van der Waals surface area contributed by atoms with E-state index in [9.17, 15) is 4.79 Å². The molecule has 0 aliphatic carbocycles. The maximum atomic E-state index is 12.1. The summed E-state index contributed by atoms with van der Waals surface area (Å²) in [6.45, 7) is 8.65. The van der Waals surface area contributed by atoms with Crippen LogP contribution < -0.4 is 0 Å². The lowest BCUT2D eigenvalue weighted by Crippen LogP contribution is -2.36. The molecule has 2 aromatic heterocycles. The number of carbonyl (C=O) groups excluding carboxylic acids is 1. The summed E-state index contributed by atoms with van der Waals surface area (Å²) in [4.78, 5) is 21.0. The molecule has 1 fully saturated rings. The Morgan fingerprint density at radius 2 is 2.24 bits per heavy atom. The standard InChI is InChI=1S/C18H25N3O3S/c1-14(2)11-24-18(22)21-6-3-5-20(7-8-21)10-16-13-25-17(19-16)15-4-9-23-12-15/h4,9,12-14H,3,5-8,10-11H2,1-2H3. The van der Waals surface area contributed by atoms with Gasteiger partial charge in [0.05, 0.1) is 18.6 Å². The minimum absolute atomic E-state index is 0.188. The average Bonchev–Trinajstić information content (AvgIpc) is 3.21. The minimum Gasteiger partial charge on any atom is -0.472 e. The molecule has 136 valence electrons. The molecule has 0 N–H and O–H groups in total. The number of carbonyl (C=O) groups is 1. The largest absolute Gasteiger partial charge is 0.472 e. The van der Waals surface area contributed by atoms with E-state index in [4.69, 9.17) is 14.1 Å². The fourth-order valence-electron chi connectivity index (χ4n) is 2.77. The molecule has 3 rings (SSSR count). The van der Waals surface area contributed by atoms with Gasteiger partial charge in [0.25, 0.3) is 0 Å². The number of nitrogens with zero attached hydrogens (tertiary/aromatic N) is 3. The van der Waals surface area contributed by atoms with E-state index in [0.29, 0.717) is 19.1 Å². The van der Waals surface area contributed by atoms with Crippen molar-refractivity contribution in [2.45, 2.75) is 26.8 Å². The van der Waals surface area contributed by atoms with Crippen molar-refractivity contribution < 1.29 is 13.9 Å². The van der Waals surface area contributed by atoms with Crippen LogP contribution in [-0.2, 0) is 11.3 Å². The lowest BCUT2D eigenvalue weighted by Gasteiger charge is -2.21. The SMILES string of the molecule is CC(C)COC(=O)N1CCCN(Cc2csc(-c3ccoc3)n2)CC1. The molecular formula is C18H25N3O3S. The van der Waals surface area contributed by atoms with E-state index in [0.717, 1.165) is 48.9 Å².